The molecule has 2 nitrogen and oxygen atoms in total. The number of hydrogen-bond donors (Lipinski definition) is 2. The maximum absolute atomic E-state index is 5.52. The summed E-state index contributed by atoms with van der Waals surface area (Å²) in [6, 6.07) is 0.482. The van der Waals surface area contributed by atoms with Gasteiger partial charge in [0.15, 0.2) is 0 Å². The van der Waals surface area contributed by atoms with E-state index in [1.807, 2.05) is 6.92 Å². The van der Waals surface area contributed by atoms with E-state index in [-0.39, 0.29) is 6.04 Å². The maximum atomic E-state index is 5.52. The summed E-state index contributed by atoms with van der Waals surface area (Å²) in [6.45, 7) is 9.80. The standard InChI is InChI=1S/C7H16N2/c1-5(2)9-7(4)6(3)8/h5-6,9H,4,8H2,1-3H3. The fourth-order valence-electron chi connectivity index (χ4n) is 0.502. The minimum Gasteiger partial charge on any atom is -0.385 e. The van der Waals surface area contributed by atoms with E-state index in [0.717, 1.165) is 5.70 Å². The van der Waals surface area contributed by atoms with E-state index in [4.69, 9.17) is 5.73 Å². The zero-order chi connectivity index (χ0) is 7.44. The molecule has 0 rings (SSSR count). The Morgan fingerprint density at radius 1 is 1.44 bits per heavy atom. The normalized spacial score (nSPS) is 13.4. The SMILES string of the molecule is C=C(NC(C)C)C(C)N. The molecule has 3 N–H and O–H groups in total. The molecule has 0 bridgehead atoms. The van der Waals surface area contributed by atoms with Crippen molar-refractivity contribution in [1.29, 1.82) is 0 Å². The predicted molar refractivity (Wildman–Crippen MR) is 41.1 cm³/mol. The quantitative estimate of drug-likeness (QED) is 0.591. The van der Waals surface area contributed by atoms with E-state index in [1.54, 1.807) is 0 Å². The Labute approximate surface area is 57.1 Å². The Bertz CT molecular complexity index is 95.1. The van der Waals surface area contributed by atoms with Gasteiger partial charge in [-0.25, -0.2) is 0 Å². The minimum absolute atomic E-state index is 0.0485. The second-order valence-corrected chi connectivity index (χ2v) is 2.61. The molecule has 0 saturated carbocycles. The smallest absolute Gasteiger partial charge is 0.0409 e. The van der Waals surface area contributed by atoms with Crippen LogP contribution in [0.1, 0.15) is 20.8 Å². The minimum atomic E-state index is 0.0485. The monoisotopic (exact) mass is 128 g/mol. The molecule has 54 valence electrons. The molecule has 2 heteroatoms. The predicted octanol–water partition coefficient (Wildman–Crippen LogP) is 0.845. The zero-order valence-electron chi connectivity index (χ0n) is 6.44. The van der Waals surface area contributed by atoms with Gasteiger partial charge in [0.25, 0.3) is 0 Å². The summed E-state index contributed by atoms with van der Waals surface area (Å²) in [4.78, 5) is 0. The molecule has 0 aromatic heterocycles. The van der Waals surface area contributed by atoms with E-state index in [9.17, 15) is 0 Å². The summed E-state index contributed by atoms with van der Waals surface area (Å²) in [5, 5.41) is 3.12. The van der Waals surface area contributed by atoms with Crippen LogP contribution in [-0.2, 0) is 0 Å². The van der Waals surface area contributed by atoms with Crippen molar-refractivity contribution in [2.75, 3.05) is 0 Å². The van der Waals surface area contributed by atoms with Gasteiger partial charge in [0.1, 0.15) is 0 Å². The summed E-state index contributed by atoms with van der Waals surface area (Å²) >= 11 is 0. The van der Waals surface area contributed by atoms with Crippen LogP contribution < -0.4 is 11.1 Å². The van der Waals surface area contributed by atoms with Gasteiger partial charge in [-0.05, 0) is 20.8 Å². The summed E-state index contributed by atoms with van der Waals surface area (Å²) in [5.74, 6) is 0. The van der Waals surface area contributed by atoms with Gasteiger partial charge in [0.2, 0.25) is 0 Å². The largest absolute Gasteiger partial charge is 0.385 e. The molecule has 0 heterocycles. The van der Waals surface area contributed by atoms with Crippen LogP contribution in [-0.4, -0.2) is 12.1 Å². The summed E-state index contributed by atoms with van der Waals surface area (Å²) < 4.78 is 0. The molecule has 9 heavy (non-hydrogen) atoms. The fraction of sp³-hybridized carbons (Fsp3) is 0.714. The first-order chi connectivity index (χ1) is 4.04. The second-order valence-electron chi connectivity index (χ2n) is 2.61. The van der Waals surface area contributed by atoms with Crippen LogP contribution in [0.2, 0.25) is 0 Å². The third kappa shape index (κ3) is 4.03. The Morgan fingerprint density at radius 3 is 2.00 bits per heavy atom. The fourth-order valence-corrected chi connectivity index (χ4v) is 0.502. The van der Waals surface area contributed by atoms with Crippen molar-refractivity contribution in [3.63, 3.8) is 0 Å². The molecular formula is C7H16N2. The van der Waals surface area contributed by atoms with Crippen LogP contribution in [0.5, 0.6) is 0 Å². The van der Waals surface area contributed by atoms with Gasteiger partial charge in [-0.1, -0.05) is 6.58 Å². The summed E-state index contributed by atoms with van der Waals surface area (Å²) in [6.07, 6.45) is 0. The lowest BCUT2D eigenvalue weighted by Crippen LogP contribution is -2.31. The Kier molecular flexibility index (Phi) is 3.32. The topological polar surface area (TPSA) is 38.0 Å². The molecule has 0 spiro atoms. The Hall–Kier alpha value is -0.500. The van der Waals surface area contributed by atoms with E-state index < -0.39 is 0 Å². The van der Waals surface area contributed by atoms with Gasteiger partial charge in [-0.15, -0.1) is 0 Å². The van der Waals surface area contributed by atoms with Crippen molar-refractivity contribution in [1.82, 2.24) is 5.32 Å². The van der Waals surface area contributed by atoms with E-state index in [0.29, 0.717) is 6.04 Å². The average molecular weight is 128 g/mol. The molecule has 0 aliphatic heterocycles. The molecule has 0 aromatic rings. The lowest BCUT2D eigenvalue weighted by atomic mass is 10.2. The lowest BCUT2D eigenvalue weighted by molar-refractivity contribution is 0.623. The second kappa shape index (κ2) is 3.51. The van der Waals surface area contributed by atoms with Crippen LogP contribution in [0.3, 0.4) is 0 Å². The van der Waals surface area contributed by atoms with Gasteiger partial charge < -0.3 is 11.1 Å². The number of hydrogen-bond acceptors (Lipinski definition) is 2. The third-order valence-electron chi connectivity index (χ3n) is 1.02. The van der Waals surface area contributed by atoms with Crippen molar-refractivity contribution in [2.24, 2.45) is 5.73 Å². The van der Waals surface area contributed by atoms with Crippen LogP contribution in [0, 0.1) is 0 Å². The molecule has 0 aliphatic carbocycles. The molecule has 0 aromatic carbocycles. The first-order valence-electron chi connectivity index (χ1n) is 3.25. The third-order valence-corrected chi connectivity index (χ3v) is 1.02. The Morgan fingerprint density at radius 2 is 1.89 bits per heavy atom. The van der Waals surface area contributed by atoms with Crippen molar-refractivity contribution in [3.05, 3.63) is 12.3 Å². The van der Waals surface area contributed by atoms with Crippen LogP contribution in [0.15, 0.2) is 12.3 Å². The number of rotatable bonds is 3. The zero-order valence-corrected chi connectivity index (χ0v) is 6.44. The summed E-state index contributed by atoms with van der Waals surface area (Å²) in [5.41, 5.74) is 6.43. The molecular weight excluding hydrogens is 112 g/mol. The molecule has 0 amide bonds. The molecule has 0 fully saturated rings. The van der Waals surface area contributed by atoms with Gasteiger partial charge >= 0.3 is 0 Å². The molecule has 1 atom stereocenters. The highest BCUT2D eigenvalue weighted by Gasteiger charge is 1.99. The van der Waals surface area contributed by atoms with Crippen LogP contribution in [0.25, 0.3) is 0 Å². The van der Waals surface area contributed by atoms with Gasteiger partial charge in [0.05, 0.1) is 0 Å². The molecule has 1 unspecified atom stereocenters. The van der Waals surface area contributed by atoms with Gasteiger partial charge in [-0.2, -0.15) is 0 Å². The molecule has 0 saturated heterocycles. The van der Waals surface area contributed by atoms with Crippen LogP contribution >= 0.6 is 0 Å². The first kappa shape index (κ1) is 8.50. The highest BCUT2D eigenvalue weighted by molar-refractivity contribution is 4.99. The van der Waals surface area contributed by atoms with Crippen molar-refractivity contribution in [2.45, 2.75) is 32.9 Å². The number of nitrogens with one attached hydrogen (secondary N) is 1. The van der Waals surface area contributed by atoms with Crippen molar-refractivity contribution in [3.8, 4) is 0 Å². The molecule has 0 radical (unpaired) electrons. The van der Waals surface area contributed by atoms with Crippen molar-refractivity contribution >= 4 is 0 Å². The number of nitrogens with two attached hydrogens (primary N) is 1. The van der Waals surface area contributed by atoms with Gasteiger partial charge in [-0.3, -0.25) is 0 Å². The van der Waals surface area contributed by atoms with Crippen molar-refractivity contribution < 1.29 is 0 Å². The summed E-state index contributed by atoms with van der Waals surface area (Å²) in [7, 11) is 0. The molecule has 0 aliphatic rings. The highest BCUT2D eigenvalue weighted by Crippen LogP contribution is 1.91. The van der Waals surface area contributed by atoms with E-state index >= 15 is 0 Å². The van der Waals surface area contributed by atoms with E-state index in [1.165, 1.54) is 0 Å². The van der Waals surface area contributed by atoms with Crippen LogP contribution in [0.4, 0.5) is 0 Å². The lowest BCUT2D eigenvalue weighted by Gasteiger charge is -2.15. The average Bonchev–Trinajstić information content (AvgIpc) is 1.63. The highest BCUT2D eigenvalue weighted by atomic mass is 14.9. The van der Waals surface area contributed by atoms with E-state index in [2.05, 4.69) is 25.7 Å². The Balaban J connectivity index is 3.51. The first-order valence-corrected chi connectivity index (χ1v) is 3.25. The van der Waals surface area contributed by atoms with Gasteiger partial charge in [0, 0.05) is 17.8 Å². The maximum Gasteiger partial charge on any atom is 0.0409 e.